The minimum Gasteiger partial charge on any atom is -0.490 e. The normalized spacial score (nSPS) is 22.1. The smallest absolute Gasteiger partial charge is 0.272 e. The quantitative estimate of drug-likeness (QED) is 0.142. The Kier molecular flexibility index (Phi) is 11.8. The number of ether oxygens (including phenoxy) is 1. The number of amides is 1. The van der Waals surface area contributed by atoms with Gasteiger partial charge in [-0.1, -0.05) is 35.9 Å². The molecule has 3 aliphatic heterocycles. The van der Waals surface area contributed by atoms with Crippen molar-refractivity contribution in [3.63, 3.8) is 0 Å². The third kappa shape index (κ3) is 8.54. The van der Waals surface area contributed by atoms with Gasteiger partial charge in [-0.3, -0.25) is 19.3 Å². The van der Waals surface area contributed by atoms with Gasteiger partial charge < -0.3 is 19.4 Å². The highest BCUT2D eigenvalue weighted by Gasteiger charge is 2.35. The molecule has 4 aliphatic rings. The molecule has 328 valence electrons. The first-order chi connectivity index (χ1) is 31.2. The molecular formula is C48H50ClN11O3S. The van der Waals surface area contributed by atoms with Gasteiger partial charge in [0, 0.05) is 60.3 Å². The second-order valence-electron chi connectivity index (χ2n) is 17.6. The summed E-state index contributed by atoms with van der Waals surface area (Å²) in [7, 11) is 0. The molecule has 1 aliphatic carbocycles. The summed E-state index contributed by atoms with van der Waals surface area (Å²) in [6.45, 7) is 10.2. The molecule has 4 aromatic heterocycles. The number of benzene rings is 2. The van der Waals surface area contributed by atoms with E-state index in [9.17, 15) is 4.79 Å². The minimum atomic E-state index is -0.296. The molecule has 1 unspecified atom stereocenters. The maximum absolute atomic E-state index is 13.2. The van der Waals surface area contributed by atoms with Crippen molar-refractivity contribution in [3.8, 4) is 16.8 Å². The molecule has 0 radical (unpaired) electrons. The Morgan fingerprint density at radius 2 is 1.80 bits per heavy atom. The summed E-state index contributed by atoms with van der Waals surface area (Å²) in [5.74, 6) is 4.13. The van der Waals surface area contributed by atoms with E-state index in [0.717, 1.165) is 104 Å². The molecule has 7 heterocycles. The molecule has 14 nitrogen and oxygen atoms in total. The van der Waals surface area contributed by atoms with Crippen LogP contribution in [-0.4, -0.2) is 90.8 Å². The maximum Gasteiger partial charge on any atom is 0.272 e. The van der Waals surface area contributed by atoms with E-state index >= 15 is 0 Å². The first-order valence-electron chi connectivity index (χ1n) is 22.3. The lowest BCUT2D eigenvalue weighted by atomic mass is 9.86. The van der Waals surface area contributed by atoms with Gasteiger partial charge in [0.25, 0.3) is 5.91 Å². The number of nitrogens with one attached hydrogen (secondary N) is 1. The number of nitriles is 1. The van der Waals surface area contributed by atoms with Gasteiger partial charge in [-0.05, 0) is 107 Å². The van der Waals surface area contributed by atoms with E-state index in [-0.39, 0.29) is 24.1 Å². The van der Waals surface area contributed by atoms with E-state index < -0.39 is 0 Å². The highest BCUT2D eigenvalue weighted by atomic mass is 35.5. The van der Waals surface area contributed by atoms with Crippen LogP contribution in [0.3, 0.4) is 0 Å². The summed E-state index contributed by atoms with van der Waals surface area (Å²) in [6, 6.07) is 20.2. The summed E-state index contributed by atoms with van der Waals surface area (Å²) < 4.78 is 14.0. The number of hydrogen-bond donors (Lipinski definition) is 1. The second-order valence-corrected chi connectivity index (χ2v) is 19.2. The lowest BCUT2D eigenvalue weighted by Gasteiger charge is -2.46. The van der Waals surface area contributed by atoms with Crippen LogP contribution >= 0.6 is 22.9 Å². The van der Waals surface area contributed by atoms with Crippen molar-refractivity contribution in [2.75, 3.05) is 31.1 Å². The number of carbonyl (C=O) groups is 1. The summed E-state index contributed by atoms with van der Waals surface area (Å²) in [6.07, 6.45) is 10.4. The monoisotopic (exact) mass is 895 g/mol. The van der Waals surface area contributed by atoms with Crippen molar-refractivity contribution < 1.29 is 13.9 Å². The van der Waals surface area contributed by atoms with Crippen LogP contribution in [-0.2, 0) is 12.8 Å². The number of aliphatic imine (C=N–C) groups is 1. The zero-order chi connectivity index (χ0) is 43.9. The van der Waals surface area contributed by atoms with Gasteiger partial charge >= 0.3 is 0 Å². The molecule has 6 aromatic rings. The molecule has 1 saturated carbocycles. The Labute approximate surface area is 381 Å². The molecular weight excluding hydrogens is 846 g/mol. The average molecular weight is 897 g/mol. The van der Waals surface area contributed by atoms with Crippen LogP contribution in [0.1, 0.15) is 105 Å². The van der Waals surface area contributed by atoms with Crippen molar-refractivity contribution in [1.29, 1.82) is 5.26 Å². The lowest BCUT2D eigenvalue weighted by Crippen LogP contribution is -2.56. The van der Waals surface area contributed by atoms with Gasteiger partial charge in [-0.2, -0.15) is 5.26 Å². The van der Waals surface area contributed by atoms with Gasteiger partial charge in [-0.15, -0.1) is 31.7 Å². The summed E-state index contributed by atoms with van der Waals surface area (Å²) in [5, 5.41) is 31.8. The molecule has 10 rings (SSSR count). The standard InChI is InChI=1S/C48H50ClN11O3S/c1-28-29(2)64-48-44(28)45(53-41(24-43-51-18-21-62-43)46-57-54-30(3)60(46)48)33-7-4-31(5-8-33)22-32-6-12-36-27-59(20-19-58(36)26-32)42-17-16-40(55-56-42)47(61)52-35-10-14-37(15-11-35)63-38-13-9-34(25-50)39(49)23-38/h4-5,7-9,13,16-18,21,23,32,35-37,41H,6,10-12,14-15,19-20,22,24,26-27H2,1-3H3,(H,52,61)/t32-,35?,36?,37?,41+/m1/s1. The fourth-order valence-corrected chi connectivity index (χ4v) is 11.3. The Morgan fingerprint density at radius 3 is 2.55 bits per heavy atom. The highest BCUT2D eigenvalue weighted by Crippen LogP contribution is 2.40. The van der Waals surface area contributed by atoms with E-state index in [4.69, 9.17) is 31.0 Å². The zero-order valence-electron chi connectivity index (χ0n) is 36.2. The van der Waals surface area contributed by atoms with E-state index in [1.807, 2.05) is 13.0 Å². The number of piperazine rings is 1. The molecule has 3 atom stereocenters. The number of piperidine rings is 1. The Balaban J connectivity index is 0.726. The van der Waals surface area contributed by atoms with Crippen molar-refractivity contribution in [2.24, 2.45) is 10.9 Å². The van der Waals surface area contributed by atoms with Gasteiger partial charge in [0.15, 0.2) is 23.2 Å². The van der Waals surface area contributed by atoms with E-state index in [2.05, 4.69) is 89.2 Å². The highest BCUT2D eigenvalue weighted by molar-refractivity contribution is 7.15. The van der Waals surface area contributed by atoms with Crippen LogP contribution < -0.4 is 15.0 Å². The number of oxazole rings is 1. The number of thiophene rings is 1. The molecule has 3 fully saturated rings. The fraction of sp³-hybridized carbons (Fsp3) is 0.417. The minimum absolute atomic E-state index is 0.0324. The van der Waals surface area contributed by atoms with Crippen LogP contribution in [0, 0.1) is 38.0 Å². The topological polar surface area (TPSA) is 163 Å². The van der Waals surface area contributed by atoms with Gasteiger partial charge in [0.05, 0.1) is 35.0 Å². The van der Waals surface area contributed by atoms with Gasteiger partial charge in [0.1, 0.15) is 34.9 Å². The SMILES string of the molecule is Cc1sc2c(c1C)C(c1ccc(C[C@H]3CCC4CN(c5ccc(C(=O)NC6CCC(Oc7ccc(C#N)c(Cl)c7)CC6)nn5)CCN4C3)cc1)=N[C@@H](Cc1ncco1)c1nnc(C)n1-2. The number of aryl methyl sites for hydroxylation is 2. The number of nitrogens with zero attached hydrogens (tertiary/aromatic N) is 10. The summed E-state index contributed by atoms with van der Waals surface area (Å²) in [4.78, 5) is 29.2. The van der Waals surface area contributed by atoms with E-state index in [1.165, 1.54) is 22.4 Å². The number of carbonyl (C=O) groups excluding carboxylic acids is 1. The Hall–Kier alpha value is -5.95. The number of rotatable bonds is 10. The predicted octanol–water partition coefficient (Wildman–Crippen LogP) is 7.96. The van der Waals surface area contributed by atoms with Gasteiger partial charge in [-0.25, -0.2) is 4.98 Å². The molecule has 64 heavy (non-hydrogen) atoms. The third-order valence-electron chi connectivity index (χ3n) is 13.4. The first-order valence-corrected chi connectivity index (χ1v) is 23.4. The molecule has 0 bridgehead atoms. The van der Waals surface area contributed by atoms with Crippen LogP contribution in [0.5, 0.6) is 5.75 Å². The van der Waals surface area contributed by atoms with Crippen molar-refractivity contribution in [3.05, 3.63) is 128 Å². The molecule has 2 aromatic carbocycles. The van der Waals surface area contributed by atoms with Crippen LogP contribution in [0.25, 0.3) is 5.00 Å². The van der Waals surface area contributed by atoms with Crippen LogP contribution in [0.15, 0.2) is 76.5 Å². The molecule has 16 heteroatoms. The first kappa shape index (κ1) is 42.0. The third-order valence-corrected chi connectivity index (χ3v) is 14.9. The summed E-state index contributed by atoms with van der Waals surface area (Å²) in [5.41, 5.74) is 6.54. The predicted molar refractivity (Wildman–Crippen MR) is 245 cm³/mol. The van der Waals surface area contributed by atoms with Gasteiger partial charge in [0.2, 0.25) is 0 Å². The number of aromatic nitrogens is 6. The second kappa shape index (κ2) is 17.9. The largest absolute Gasteiger partial charge is 0.490 e. The van der Waals surface area contributed by atoms with Crippen molar-refractivity contribution in [2.45, 2.75) is 96.4 Å². The molecule has 2 saturated heterocycles. The van der Waals surface area contributed by atoms with E-state index in [0.29, 0.717) is 46.3 Å². The maximum atomic E-state index is 13.2. The zero-order valence-corrected chi connectivity index (χ0v) is 37.8. The Morgan fingerprint density at radius 1 is 0.953 bits per heavy atom. The number of fused-ring (bicyclic) bond motifs is 4. The molecule has 0 spiro atoms. The van der Waals surface area contributed by atoms with Crippen molar-refractivity contribution >= 4 is 40.4 Å². The average Bonchev–Trinajstić information content (AvgIpc) is 4.02. The molecule has 1 amide bonds. The number of halogens is 1. The number of hydrogen-bond acceptors (Lipinski definition) is 13. The number of anilines is 1. The lowest BCUT2D eigenvalue weighted by molar-refractivity contribution is 0.0887. The fourth-order valence-electron chi connectivity index (χ4n) is 9.86. The summed E-state index contributed by atoms with van der Waals surface area (Å²) >= 11 is 7.94. The van der Waals surface area contributed by atoms with E-state index in [1.54, 1.807) is 48.1 Å². The van der Waals surface area contributed by atoms with Crippen LogP contribution in [0.4, 0.5) is 5.82 Å². The van der Waals surface area contributed by atoms with Crippen molar-refractivity contribution in [1.82, 2.24) is 40.2 Å². The van der Waals surface area contributed by atoms with Crippen LogP contribution in [0.2, 0.25) is 5.02 Å². The Bertz CT molecular complexity index is 2720. The molecule has 1 N–H and O–H groups in total.